The first-order valence-electron chi connectivity index (χ1n) is 5.47. The Bertz CT molecular complexity index is 273. The molecule has 1 saturated heterocycles. The minimum absolute atomic E-state index is 0.0166. The molecule has 0 aliphatic carbocycles. The highest BCUT2D eigenvalue weighted by atomic mass is 32.2. The van der Waals surface area contributed by atoms with Crippen LogP contribution in [0, 0.1) is 0 Å². The zero-order valence-electron chi connectivity index (χ0n) is 9.39. The second kappa shape index (κ2) is 6.10. The topological polar surface area (TPSA) is 83.6 Å². The molecule has 1 aliphatic rings. The standard InChI is InChI=1S/C10H18N2O3S/c1-2-3-4-9-12(8(13)5-11)7(6-16-9)10(14)15/h7,9H,2-6,11H2,1H3,(H,14,15)/t7-,9?/m0/s1. The minimum atomic E-state index is -0.937. The number of carboxylic acid groups (broad SMARTS) is 1. The Morgan fingerprint density at radius 1 is 1.56 bits per heavy atom. The second-order valence-electron chi connectivity index (χ2n) is 3.79. The van der Waals surface area contributed by atoms with Crippen LogP contribution < -0.4 is 5.73 Å². The Morgan fingerprint density at radius 3 is 2.75 bits per heavy atom. The van der Waals surface area contributed by atoms with Crippen molar-refractivity contribution < 1.29 is 14.7 Å². The molecule has 6 heteroatoms. The number of amides is 1. The first-order chi connectivity index (χ1) is 7.61. The maximum absolute atomic E-state index is 11.6. The van der Waals surface area contributed by atoms with Gasteiger partial charge in [-0.05, 0) is 6.42 Å². The van der Waals surface area contributed by atoms with Crippen LogP contribution in [0.25, 0.3) is 0 Å². The lowest BCUT2D eigenvalue weighted by atomic mass is 10.2. The highest BCUT2D eigenvalue weighted by Crippen LogP contribution is 2.32. The number of aliphatic carboxylic acids is 1. The van der Waals surface area contributed by atoms with E-state index in [9.17, 15) is 9.59 Å². The summed E-state index contributed by atoms with van der Waals surface area (Å²) in [5, 5.41) is 9.01. The molecule has 0 spiro atoms. The van der Waals surface area contributed by atoms with E-state index in [-0.39, 0.29) is 17.8 Å². The molecule has 0 radical (unpaired) electrons. The summed E-state index contributed by atoms with van der Waals surface area (Å²) in [5.74, 6) is -0.734. The van der Waals surface area contributed by atoms with E-state index in [0.29, 0.717) is 5.75 Å². The Morgan fingerprint density at radius 2 is 2.25 bits per heavy atom. The van der Waals surface area contributed by atoms with Gasteiger partial charge in [0, 0.05) is 5.75 Å². The summed E-state index contributed by atoms with van der Waals surface area (Å²) in [6, 6.07) is -0.706. The van der Waals surface area contributed by atoms with Gasteiger partial charge in [-0.15, -0.1) is 11.8 Å². The van der Waals surface area contributed by atoms with Crippen LogP contribution in [0.1, 0.15) is 26.2 Å². The van der Waals surface area contributed by atoms with Gasteiger partial charge in [-0.2, -0.15) is 0 Å². The van der Waals surface area contributed by atoms with E-state index in [2.05, 4.69) is 6.92 Å². The van der Waals surface area contributed by atoms with Gasteiger partial charge < -0.3 is 15.7 Å². The molecule has 0 bridgehead atoms. The summed E-state index contributed by atoms with van der Waals surface area (Å²) in [7, 11) is 0. The monoisotopic (exact) mass is 246 g/mol. The predicted octanol–water partition coefficient (Wildman–Crippen LogP) is 0.490. The molecule has 1 rings (SSSR count). The molecular formula is C10H18N2O3S. The predicted molar refractivity (Wildman–Crippen MR) is 63.1 cm³/mol. The van der Waals surface area contributed by atoms with Gasteiger partial charge in [-0.1, -0.05) is 19.8 Å². The number of hydrogen-bond donors (Lipinski definition) is 2. The fourth-order valence-electron chi connectivity index (χ4n) is 1.79. The van der Waals surface area contributed by atoms with Crippen molar-refractivity contribution in [1.82, 2.24) is 4.90 Å². The van der Waals surface area contributed by atoms with Crippen molar-refractivity contribution in [1.29, 1.82) is 0 Å². The number of hydrogen-bond acceptors (Lipinski definition) is 4. The highest BCUT2D eigenvalue weighted by Gasteiger charge is 2.40. The van der Waals surface area contributed by atoms with Gasteiger partial charge in [-0.3, -0.25) is 4.79 Å². The first kappa shape index (κ1) is 13.3. The van der Waals surface area contributed by atoms with Gasteiger partial charge in [0.1, 0.15) is 6.04 Å². The van der Waals surface area contributed by atoms with Crippen LogP contribution in [-0.2, 0) is 9.59 Å². The van der Waals surface area contributed by atoms with Crippen molar-refractivity contribution >= 4 is 23.6 Å². The van der Waals surface area contributed by atoms with Crippen LogP contribution in [0.2, 0.25) is 0 Å². The van der Waals surface area contributed by atoms with Crippen LogP contribution in [0.4, 0.5) is 0 Å². The molecule has 2 atom stereocenters. The van der Waals surface area contributed by atoms with E-state index in [4.69, 9.17) is 10.8 Å². The molecule has 1 fully saturated rings. The lowest BCUT2D eigenvalue weighted by Gasteiger charge is -2.26. The van der Waals surface area contributed by atoms with E-state index in [0.717, 1.165) is 19.3 Å². The van der Waals surface area contributed by atoms with Gasteiger partial charge in [0.25, 0.3) is 0 Å². The van der Waals surface area contributed by atoms with Crippen LogP contribution in [0.5, 0.6) is 0 Å². The second-order valence-corrected chi connectivity index (χ2v) is 5.00. The molecule has 3 N–H and O–H groups in total. The molecule has 1 amide bonds. The molecule has 1 unspecified atom stereocenters. The molecule has 5 nitrogen and oxygen atoms in total. The zero-order valence-corrected chi connectivity index (χ0v) is 10.2. The minimum Gasteiger partial charge on any atom is -0.480 e. The number of carbonyl (C=O) groups is 2. The molecule has 0 aromatic rings. The van der Waals surface area contributed by atoms with E-state index < -0.39 is 12.0 Å². The SMILES string of the molecule is CCCCC1SC[C@@H](C(=O)O)N1C(=O)CN. The smallest absolute Gasteiger partial charge is 0.327 e. The van der Waals surface area contributed by atoms with Gasteiger partial charge in [0.05, 0.1) is 11.9 Å². The number of nitrogens with two attached hydrogens (primary N) is 1. The van der Waals surface area contributed by atoms with Gasteiger partial charge in [0.2, 0.25) is 5.91 Å². The van der Waals surface area contributed by atoms with Gasteiger partial charge in [-0.25, -0.2) is 4.79 Å². The molecule has 16 heavy (non-hydrogen) atoms. The van der Waals surface area contributed by atoms with Crippen LogP contribution in [0.3, 0.4) is 0 Å². The van der Waals surface area contributed by atoms with E-state index in [1.54, 1.807) is 0 Å². The molecule has 1 heterocycles. The molecule has 1 aliphatic heterocycles. The van der Waals surface area contributed by atoms with Crippen LogP contribution in [0.15, 0.2) is 0 Å². The summed E-state index contributed by atoms with van der Waals surface area (Å²) in [6.45, 7) is 1.95. The third-order valence-electron chi connectivity index (χ3n) is 2.64. The van der Waals surface area contributed by atoms with E-state index in [1.165, 1.54) is 16.7 Å². The van der Waals surface area contributed by atoms with Crippen molar-refractivity contribution in [3.8, 4) is 0 Å². The molecule has 0 aromatic heterocycles. The number of carboxylic acids is 1. The summed E-state index contributed by atoms with van der Waals surface area (Å²) < 4.78 is 0. The quantitative estimate of drug-likeness (QED) is 0.737. The fourth-order valence-corrected chi connectivity index (χ4v) is 3.26. The average molecular weight is 246 g/mol. The number of rotatable bonds is 5. The number of carbonyl (C=O) groups excluding carboxylic acids is 1. The molecular weight excluding hydrogens is 228 g/mol. The summed E-state index contributed by atoms with van der Waals surface area (Å²) in [5.41, 5.74) is 5.31. The summed E-state index contributed by atoms with van der Waals surface area (Å²) in [6.07, 6.45) is 2.88. The van der Waals surface area contributed by atoms with Gasteiger partial charge >= 0.3 is 5.97 Å². The number of thioether (sulfide) groups is 1. The third kappa shape index (κ3) is 2.89. The molecule has 92 valence electrons. The first-order valence-corrected chi connectivity index (χ1v) is 6.52. The fraction of sp³-hybridized carbons (Fsp3) is 0.800. The zero-order chi connectivity index (χ0) is 12.1. The van der Waals surface area contributed by atoms with Crippen LogP contribution >= 0.6 is 11.8 Å². The van der Waals surface area contributed by atoms with Crippen molar-refractivity contribution in [3.63, 3.8) is 0 Å². The normalized spacial score (nSPS) is 24.8. The Labute approximate surface area is 99.4 Å². The Hall–Kier alpha value is -0.750. The molecule has 0 saturated carbocycles. The lowest BCUT2D eigenvalue weighted by Crippen LogP contribution is -2.48. The van der Waals surface area contributed by atoms with Crippen molar-refractivity contribution in [2.45, 2.75) is 37.6 Å². The summed E-state index contributed by atoms with van der Waals surface area (Å²) >= 11 is 1.54. The van der Waals surface area contributed by atoms with Crippen molar-refractivity contribution in [3.05, 3.63) is 0 Å². The largest absolute Gasteiger partial charge is 0.480 e. The van der Waals surface area contributed by atoms with Crippen molar-refractivity contribution in [2.24, 2.45) is 5.73 Å². The third-order valence-corrected chi connectivity index (χ3v) is 4.00. The number of unbranched alkanes of at least 4 members (excludes halogenated alkanes) is 1. The van der Waals surface area contributed by atoms with Gasteiger partial charge in [0.15, 0.2) is 0 Å². The van der Waals surface area contributed by atoms with E-state index in [1.807, 2.05) is 0 Å². The maximum atomic E-state index is 11.6. The Balaban J connectivity index is 2.71. The number of nitrogens with zero attached hydrogens (tertiary/aromatic N) is 1. The van der Waals surface area contributed by atoms with E-state index >= 15 is 0 Å². The maximum Gasteiger partial charge on any atom is 0.327 e. The Kier molecular flexibility index (Phi) is 5.08. The van der Waals surface area contributed by atoms with Crippen LogP contribution in [-0.4, -0.2) is 45.6 Å². The van der Waals surface area contributed by atoms with Crippen molar-refractivity contribution in [2.75, 3.05) is 12.3 Å². The lowest BCUT2D eigenvalue weighted by molar-refractivity contribution is -0.148. The average Bonchev–Trinajstić information content (AvgIpc) is 2.69. The summed E-state index contributed by atoms with van der Waals surface area (Å²) in [4.78, 5) is 24.1. The molecule has 0 aromatic carbocycles. The highest BCUT2D eigenvalue weighted by molar-refractivity contribution is 8.00.